The molecule has 7 heteroatoms. The number of hydrogen-bond donors (Lipinski definition) is 1. The van der Waals surface area contributed by atoms with Gasteiger partial charge in [-0.3, -0.25) is 0 Å². The zero-order valence-electron chi connectivity index (χ0n) is 9.76. The van der Waals surface area contributed by atoms with Crippen LogP contribution in [0.4, 0.5) is 4.79 Å². The fraction of sp³-hybridized carbons (Fsp3) is 0.364. The molecule has 2 amide bonds. The number of aromatic carboxylic acids is 1. The van der Waals surface area contributed by atoms with Crippen molar-refractivity contribution in [2.24, 2.45) is 0 Å². The third-order valence-corrected chi connectivity index (χ3v) is 3.02. The van der Waals surface area contributed by atoms with Gasteiger partial charge >= 0.3 is 12.0 Å². The third-order valence-electron chi connectivity index (χ3n) is 2.81. The topological polar surface area (TPSA) is 73.7 Å². The summed E-state index contributed by atoms with van der Waals surface area (Å²) in [6.45, 7) is 1.34. The first-order valence-electron chi connectivity index (χ1n) is 5.38. The van der Waals surface area contributed by atoms with Crippen LogP contribution in [-0.4, -0.2) is 52.0 Å². The molecule has 0 bridgehead atoms. The Bertz CT molecular complexity index is 506. The van der Waals surface area contributed by atoms with E-state index in [2.05, 4.69) is 4.98 Å². The fourth-order valence-electron chi connectivity index (χ4n) is 1.82. The number of carboxylic acids is 1. The molecule has 1 fully saturated rings. The Morgan fingerprint density at radius 1 is 1.50 bits per heavy atom. The van der Waals surface area contributed by atoms with Crippen molar-refractivity contribution in [2.45, 2.75) is 6.54 Å². The van der Waals surface area contributed by atoms with Gasteiger partial charge in [-0.2, -0.15) is 0 Å². The Labute approximate surface area is 109 Å². The van der Waals surface area contributed by atoms with Crippen molar-refractivity contribution < 1.29 is 14.7 Å². The molecule has 1 aliphatic heterocycles. The molecule has 2 rings (SSSR count). The SMILES string of the molecule is CN1CCN(Cc2nc(Cl)ccc2C(=O)O)C1=O. The van der Waals surface area contributed by atoms with E-state index in [1.807, 2.05) is 0 Å². The molecule has 0 aliphatic carbocycles. The molecule has 1 aliphatic rings. The Morgan fingerprint density at radius 2 is 2.22 bits per heavy atom. The van der Waals surface area contributed by atoms with Crippen LogP contribution in [0.1, 0.15) is 16.1 Å². The molecular weight excluding hydrogens is 258 g/mol. The molecule has 1 N–H and O–H groups in total. The van der Waals surface area contributed by atoms with Crippen molar-refractivity contribution in [1.82, 2.24) is 14.8 Å². The molecule has 1 aromatic rings. The molecule has 0 saturated carbocycles. The molecule has 0 spiro atoms. The second-order valence-electron chi connectivity index (χ2n) is 4.06. The molecule has 1 aromatic heterocycles. The summed E-state index contributed by atoms with van der Waals surface area (Å²) in [5.74, 6) is -1.07. The maximum absolute atomic E-state index is 11.7. The summed E-state index contributed by atoms with van der Waals surface area (Å²) in [6, 6.07) is 2.69. The Kier molecular flexibility index (Phi) is 3.38. The summed E-state index contributed by atoms with van der Waals surface area (Å²) in [5, 5.41) is 9.27. The van der Waals surface area contributed by atoms with Gasteiger partial charge in [-0.1, -0.05) is 11.6 Å². The van der Waals surface area contributed by atoms with Crippen LogP contribution in [0.2, 0.25) is 5.15 Å². The van der Waals surface area contributed by atoms with Gasteiger partial charge in [0.2, 0.25) is 0 Å². The second-order valence-corrected chi connectivity index (χ2v) is 4.45. The molecule has 96 valence electrons. The van der Waals surface area contributed by atoms with Gasteiger partial charge in [-0.05, 0) is 12.1 Å². The summed E-state index contributed by atoms with van der Waals surface area (Å²) in [7, 11) is 1.70. The van der Waals surface area contributed by atoms with Gasteiger partial charge in [0, 0.05) is 20.1 Å². The van der Waals surface area contributed by atoms with E-state index in [-0.39, 0.29) is 23.3 Å². The largest absolute Gasteiger partial charge is 0.478 e. The monoisotopic (exact) mass is 269 g/mol. The number of urea groups is 1. The molecule has 0 aromatic carbocycles. The van der Waals surface area contributed by atoms with Crippen LogP contribution in [0.5, 0.6) is 0 Å². The highest BCUT2D eigenvalue weighted by molar-refractivity contribution is 6.29. The minimum Gasteiger partial charge on any atom is -0.478 e. The lowest BCUT2D eigenvalue weighted by Crippen LogP contribution is -2.30. The van der Waals surface area contributed by atoms with Crippen LogP contribution in [0.15, 0.2) is 12.1 Å². The summed E-state index contributed by atoms with van der Waals surface area (Å²) in [5.41, 5.74) is 0.375. The predicted molar refractivity (Wildman–Crippen MR) is 64.6 cm³/mol. The normalized spacial score (nSPS) is 15.3. The van der Waals surface area contributed by atoms with Crippen LogP contribution in [0.25, 0.3) is 0 Å². The molecule has 2 heterocycles. The minimum absolute atomic E-state index is 0.0711. The van der Waals surface area contributed by atoms with Gasteiger partial charge in [0.15, 0.2) is 0 Å². The number of carbonyl (C=O) groups excluding carboxylic acids is 1. The first-order valence-corrected chi connectivity index (χ1v) is 5.75. The number of nitrogens with zero attached hydrogens (tertiary/aromatic N) is 3. The van der Waals surface area contributed by atoms with E-state index in [1.165, 1.54) is 12.1 Å². The van der Waals surface area contributed by atoms with E-state index in [0.717, 1.165) is 0 Å². The summed E-state index contributed by atoms with van der Waals surface area (Å²) in [6.07, 6.45) is 0. The van der Waals surface area contributed by atoms with Gasteiger partial charge in [0.25, 0.3) is 0 Å². The van der Waals surface area contributed by atoms with Gasteiger partial charge in [-0.15, -0.1) is 0 Å². The minimum atomic E-state index is -1.07. The number of aromatic nitrogens is 1. The van der Waals surface area contributed by atoms with Crippen LogP contribution >= 0.6 is 11.6 Å². The highest BCUT2D eigenvalue weighted by Crippen LogP contribution is 2.16. The van der Waals surface area contributed by atoms with E-state index in [1.54, 1.807) is 16.8 Å². The van der Waals surface area contributed by atoms with E-state index < -0.39 is 5.97 Å². The Balaban J connectivity index is 2.25. The van der Waals surface area contributed by atoms with Crippen LogP contribution in [-0.2, 0) is 6.54 Å². The van der Waals surface area contributed by atoms with Crippen LogP contribution in [0.3, 0.4) is 0 Å². The van der Waals surface area contributed by atoms with Crippen molar-refractivity contribution in [3.63, 3.8) is 0 Å². The fourth-order valence-corrected chi connectivity index (χ4v) is 1.99. The van der Waals surface area contributed by atoms with Crippen molar-refractivity contribution in [1.29, 1.82) is 0 Å². The molecule has 1 saturated heterocycles. The zero-order chi connectivity index (χ0) is 13.3. The van der Waals surface area contributed by atoms with Gasteiger partial charge < -0.3 is 14.9 Å². The Hall–Kier alpha value is -1.82. The molecule has 18 heavy (non-hydrogen) atoms. The highest BCUT2D eigenvalue weighted by Gasteiger charge is 2.27. The maximum Gasteiger partial charge on any atom is 0.337 e. The third kappa shape index (κ3) is 2.38. The maximum atomic E-state index is 11.7. The lowest BCUT2D eigenvalue weighted by molar-refractivity contribution is 0.0694. The van der Waals surface area contributed by atoms with Gasteiger partial charge in [-0.25, -0.2) is 14.6 Å². The van der Waals surface area contributed by atoms with Crippen molar-refractivity contribution in [2.75, 3.05) is 20.1 Å². The molecule has 6 nitrogen and oxygen atoms in total. The number of carbonyl (C=O) groups is 2. The van der Waals surface area contributed by atoms with Crippen molar-refractivity contribution in [3.8, 4) is 0 Å². The van der Waals surface area contributed by atoms with E-state index >= 15 is 0 Å². The molecule has 0 radical (unpaired) electrons. The first kappa shape index (κ1) is 12.6. The van der Waals surface area contributed by atoms with E-state index in [0.29, 0.717) is 18.8 Å². The summed E-state index contributed by atoms with van der Waals surface area (Å²) in [4.78, 5) is 29.9. The second kappa shape index (κ2) is 4.81. The van der Waals surface area contributed by atoms with Crippen molar-refractivity contribution in [3.05, 3.63) is 28.5 Å². The molecular formula is C11H12ClN3O3. The molecule has 0 atom stereocenters. The highest BCUT2D eigenvalue weighted by atomic mass is 35.5. The number of carboxylic acid groups (broad SMARTS) is 1. The predicted octanol–water partition coefficient (Wildman–Crippen LogP) is 1.30. The number of pyridine rings is 1. The standard InChI is InChI=1S/C11H12ClN3O3/c1-14-4-5-15(11(14)18)6-8-7(10(16)17)2-3-9(12)13-8/h2-3H,4-6H2,1H3,(H,16,17). The lowest BCUT2D eigenvalue weighted by atomic mass is 10.2. The Morgan fingerprint density at radius 3 is 2.78 bits per heavy atom. The first-order chi connectivity index (χ1) is 8.49. The van der Waals surface area contributed by atoms with Crippen LogP contribution in [0, 0.1) is 0 Å². The van der Waals surface area contributed by atoms with Gasteiger partial charge in [0.05, 0.1) is 17.8 Å². The summed E-state index contributed by atoms with van der Waals surface area (Å²) < 4.78 is 0. The molecule has 0 unspecified atom stereocenters. The van der Waals surface area contributed by atoms with Crippen LogP contribution < -0.4 is 0 Å². The van der Waals surface area contributed by atoms with E-state index in [4.69, 9.17) is 16.7 Å². The number of likely N-dealkylation sites (N-methyl/N-ethyl adjacent to an activating group) is 1. The summed E-state index contributed by atoms with van der Waals surface area (Å²) >= 11 is 5.75. The number of rotatable bonds is 3. The zero-order valence-corrected chi connectivity index (χ0v) is 10.5. The number of hydrogen-bond acceptors (Lipinski definition) is 3. The van der Waals surface area contributed by atoms with Crippen molar-refractivity contribution >= 4 is 23.6 Å². The average molecular weight is 270 g/mol. The average Bonchev–Trinajstić information content (AvgIpc) is 2.61. The van der Waals surface area contributed by atoms with Gasteiger partial charge in [0.1, 0.15) is 5.15 Å². The van der Waals surface area contributed by atoms with E-state index in [9.17, 15) is 9.59 Å². The smallest absolute Gasteiger partial charge is 0.337 e. The number of halogens is 1. The number of amides is 2. The lowest BCUT2D eigenvalue weighted by Gasteiger charge is -2.16. The quantitative estimate of drug-likeness (QED) is 0.840.